The molecular formula is C19H19N13O4. The summed E-state index contributed by atoms with van der Waals surface area (Å²) in [6, 6.07) is 1.80. The van der Waals surface area contributed by atoms with Crippen LogP contribution in [0.5, 0.6) is 0 Å². The Bertz CT molecular complexity index is 1300. The maximum absolute atomic E-state index is 10.5. The van der Waals surface area contributed by atoms with Crippen LogP contribution in [0.1, 0.15) is 26.7 Å². The van der Waals surface area contributed by atoms with Crippen molar-refractivity contribution in [2.45, 2.75) is 0 Å². The van der Waals surface area contributed by atoms with Gasteiger partial charge in [0, 0.05) is 24.8 Å². The molecule has 4 heterocycles. The maximum atomic E-state index is 10.5. The first-order chi connectivity index (χ1) is 17.1. The van der Waals surface area contributed by atoms with Crippen molar-refractivity contribution in [3.05, 3.63) is 95.7 Å². The fourth-order valence-corrected chi connectivity index (χ4v) is 1.76. The Balaban J connectivity index is 0.000000241. The number of rotatable bonds is 2. The number of nitrogens with zero attached hydrogens (tertiary/aromatic N) is 9. The van der Waals surface area contributed by atoms with Gasteiger partial charge in [-0.25, -0.2) is 24.9 Å². The van der Waals surface area contributed by atoms with Crippen molar-refractivity contribution in [3.63, 3.8) is 0 Å². The summed E-state index contributed by atoms with van der Waals surface area (Å²) in [4.78, 5) is 42.4. The molecule has 0 saturated carbocycles. The smallest absolute Gasteiger partial charge is 0.273 e. The summed E-state index contributed by atoms with van der Waals surface area (Å²) in [6.45, 7) is 0. The fraction of sp³-hybridized carbons (Fsp3) is 0. The van der Waals surface area contributed by atoms with Crippen LogP contribution in [0.2, 0.25) is 0 Å². The van der Waals surface area contributed by atoms with Crippen molar-refractivity contribution in [1.29, 1.82) is 5.26 Å². The number of primary amides is 2. The summed E-state index contributed by atoms with van der Waals surface area (Å²) in [5.74, 6) is -0.837. The number of nitriles is 1. The van der Waals surface area contributed by atoms with E-state index < -0.39 is 11.8 Å². The minimum Gasteiger partial charge on any atom is -0.619 e. The zero-order chi connectivity index (χ0) is 26.9. The second kappa shape index (κ2) is 14.9. The predicted octanol–water partition coefficient (Wildman–Crippen LogP) is -2.38. The summed E-state index contributed by atoms with van der Waals surface area (Å²) in [7, 11) is 0. The molecule has 0 aliphatic heterocycles. The van der Waals surface area contributed by atoms with Crippen LogP contribution in [0.4, 0.5) is 11.6 Å². The molecule has 0 atom stereocenters. The van der Waals surface area contributed by atoms with Crippen molar-refractivity contribution in [1.82, 2.24) is 29.9 Å². The molecule has 0 bridgehead atoms. The molecule has 4 rings (SSSR count). The van der Waals surface area contributed by atoms with E-state index in [1.165, 1.54) is 62.0 Å². The zero-order valence-electron chi connectivity index (χ0n) is 18.3. The molecule has 184 valence electrons. The Labute approximate surface area is 202 Å². The number of nitrogen functional groups attached to an aromatic ring is 2. The number of carbonyl (C=O) groups excluding carboxylic acids is 2. The summed E-state index contributed by atoms with van der Waals surface area (Å²) in [5, 5.41) is 29.0. The highest BCUT2D eigenvalue weighted by Gasteiger charge is 2.03. The number of hydrogen-bond acceptors (Lipinski definition) is 13. The maximum Gasteiger partial charge on any atom is 0.273 e. The van der Waals surface area contributed by atoms with Crippen LogP contribution >= 0.6 is 0 Å². The van der Waals surface area contributed by atoms with Crippen LogP contribution in [0.15, 0.2) is 68.2 Å². The van der Waals surface area contributed by atoms with E-state index in [4.69, 9.17) is 28.2 Å². The fourth-order valence-electron chi connectivity index (χ4n) is 1.76. The Morgan fingerprint density at radius 3 is 1.69 bits per heavy atom. The molecule has 17 heteroatoms. The highest BCUT2D eigenvalue weighted by molar-refractivity contribution is 5.90. The average Bonchev–Trinajstić information content (AvgIpc) is 2.86. The molecule has 36 heavy (non-hydrogen) atoms. The number of amides is 2. The number of hydrogen-bond donors (Lipinski definition) is 4. The molecule has 0 spiro atoms. The SMILES string of the molecule is N#Cc1nccnc1N.NC(=O)c1c[n+]([O-])ccn1.NC(=O)c1cnccn1.Nc1c[n+]([O-])ccn1. The van der Waals surface area contributed by atoms with Gasteiger partial charge < -0.3 is 33.3 Å². The van der Waals surface area contributed by atoms with Gasteiger partial charge in [-0.05, 0) is 0 Å². The lowest BCUT2D eigenvalue weighted by molar-refractivity contribution is -0.606. The summed E-state index contributed by atoms with van der Waals surface area (Å²) in [6.07, 6.45) is 14.3. The Kier molecular flexibility index (Phi) is 11.6. The van der Waals surface area contributed by atoms with E-state index in [0.717, 1.165) is 6.20 Å². The lowest BCUT2D eigenvalue weighted by atomic mass is 10.4. The van der Waals surface area contributed by atoms with E-state index in [0.29, 0.717) is 9.46 Å². The van der Waals surface area contributed by atoms with E-state index in [-0.39, 0.29) is 28.7 Å². The molecule has 17 nitrogen and oxygen atoms in total. The molecule has 0 radical (unpaired) electrons. The highest BCUT2D eigenvalue weighted by atomic mass is 16.5. The van der Waals surface area contributed by atoms with E-state index in [2.05, 4.69) is 29.9 Å². The van der Waals surface area contributed by atoms with Gasteiger partial charge >= 0.3 is 0 Å². The molecule has 4 aromatic heterocycles. The third-order valence-electron chi connectivity index (χ3n) is 3.27. The largest absolute Gasteiger partial charge is 0.619 e. The lowest BCUT2D eigenvalue weighted by Gasteiger charge is -1.94. The molecule has 0 aliphatic carbocycles. The summed E-state index contributed by atoms with van der Waals surface area (Å²) in [5.41, 5.74) is 20.4. The Morgan fingerprint density at radius 1 is 0.778 bits per heavy atom. The number of nitrogens with two attached hydrogens (primary N) is 4. The standard InChI is InChI=1S/C5H4N4.C5H5N3O2.C5H5N3O.C4H5N3O/c6-3-4-5(7)9-2-1-8-4;6-5(9)4-3-8(10)2-1-7-4;6-5(9)4-3-7-1-2-8-4;5-4-3-7(8)2-1-6-4/h1-2H,(H2,7,9);1-3H,(H2,6,9);1-3H,(H2,6,9);1-3H,(H2,5,6). The molecule has 0 aliphatic rings. The number of anilines is 2. The Hall–Kier alpha value is -6.05. The van der Waals surface area contributed by atoms with Gasteiger partial charge in [0.25, 0.3) is 11.8 Å². The number of carbonyl (C=O) groups is 2. The van der Waals surface area contributed by atoms with Crippen LogP contribution in [-0.4, -0.2) is 41.7 Å². The van der Waals surface area contributed by atoms with E-state index in [1.807, 2.05) is 0 Å². The van der Waals surface area contributed by atoms with Crippen molar-refractivity contribution >= 4 is 23.5 Å². The quantitative estimate of drug-likeness (QED) is 0.168. The summed E-state index contributed by atoms with van der Waals surface area (Å²) >= 11 is 0. The van der Waals surface area contributed by atoms with Gasteiger partial charge in [0.2, 0.25) is 12.4 Å². The van der Waals surface area contributed by atoms with Gasteiger partial charge in [-0.3, -0.25) is 14.6 Å². The molecule has 0 saturated heterocycles. The number of aromatic nitrogens is 8. The third-order valence-corrected chi connectivity index (χ3v) is 3.27. The first kappa shape index (κ1) is 28.0. The van der Waals surface area contributed by atoms with Gasteiger partial charge in [0.1, 0.15) is 11.8 Å². The van der Waals surface area contributed by atoms with Crippen LogP contribution in [-0.2, 0) is 0 Å². The molecule has 0 aromatic carbocycles. The second-order valence-electron chi connectivity index (χ2n) is 5.86. The van der Waals surface area contributed by atoms with E-state index in [9.17, 15) is 20.0 Å². The topological polar surface area (TPSA) is 293 Å². The third kappa shape index (κ3) is 11.0. The monoisotopic (exact) mass is 493 g/mol. The van der Waals surface area contributed by atoms with Crippen LogP contribution < -0.4 is 32.4 Å². The van der Waals surface area contributed by atoms with Gasteiger partial charge in [-0.2, -0.15) is 14.7 Å². The lowest BCUT2D eigenvalue weighted by Crippen LogP contribution is -2.28. The molecule has 8 N–H and O–H groups in total. The Morgan fingerprint density at radius 2 is 1.33 bits per heavy atom. The van der Waals surface area contributed by atoms with E-state index >= 15 is 0 Å². The molecular weight excluding hydrogens is 474 g/mol. The minimum atomic E-state index is -0.704. The average molecular weight is 493 g/mol. The molecule has 4 aromatic rings. The zero-order valence-corrected chi connectivity index (χ0v) is 18.3. The molecule has 2 amide bonds. The van der Waals surface area contributed by atoms with Crippen LogP contribution in [0, 0.1) is 21.7 Å². The van der Waals surface area contributed by atoms with E-state index in [1.54, 1.807) is 6.07 Å². The second-order valence-corrected chi connectivity index (χ2v) is 5.86. The molecule has 0 fully saturated rings. The predicted molar refractivity (Wildman–Crippen MR) is 121 cm³/mol. The van der Waals surface area contributed by atoms with Crippen molar-refractivity contribution in [2.75, 3.05) is 11.5 Å². The van der Waals surface area contributed by atoms with Gasteiger partial charge in [0.15, 0.2) is 35.4 Å². The first-order valence-corrected chi connectivity index (χ1v) is 9.31. The minimum absolute atomic E-state index is 0.0301. The van der Waals surface area contributed by atoms with Gasteiger partial charge in [0.05, 0.1) is 18.6 Å². The van der Waals surface area contributed by atoms with Crippen molar-refractivity contribution < 1.29 is 19.0 Å². The highest BCUT2D eigenvalue weighted by Crippen LogP contribution is 1.98. The van der Waals surface area contributed by atoms with Crippen molar-refractivity contribution in [3.8, 4) is 6.07 Å². The van der Waals surface area contributed by atoms with Crippen molar-refractivity contribution in [2.24, 2.45) is 11.5 Å². The van der Waals surface area contributed by atoms with Gasteiger partial charge in [-0.1, -0.05) is 0 Å². The molecule has 0 unspecified atom stereocenters. The van der Waals surface area contributed by atoms with Crippen LogP contribution in [0.25, 0.3) is 0 Å². The normalized spacial score (nSPS) is 8.86. The summed E-state index contributed by atoms with van der Waals surface area (Å²) < 4.78 is 1.06. The first-order valence-electron chi connectivity index (χ1n) is 9.31. The van der Waals surface area contributed by atoms with Gasteiger partial charge in [-0.15, -0.1) is 0 Å². The van der Waals surface area contributed by atoms with Crippen LogP contribution in [0.3, 0.4) is 0 Å².